The third-order valence-corrected chi connectivity index (χ3v) is 4.73. The van der Waals surface area contributed by atoms with E-state index in [1.165, 1.54) is 17.0 Å². The zero-order valence-electron chi connectivity index (χ0n) is 12.0. The van der Waals surface area contributed by atoms with E-state index in [0.29, 0.717) is 5.69 Å². The van der Waals surface area contributed by atoms with Gasteiger partial charge in [-0.15, -0.1) is 11.3 Å². The van der Waals surface area contributed by atoms with Crippen LogP contribution in [0.1, 0.15) is 10.4 Å². The van der Waals surface area contributed by atoms with Crippen LogP contribution in [0.15, 0.2) is 41.8 Å². The van der Waals surface area contributed by atoms with Crippen LogP contribution in [-0.4, -0.2) is 31.1 Å². The maximum absolute atomic E-state index is 12.8. The average molecular weight is 326 g/mol. The fourth-order valence-electron chi connectivity index (χ4n) is 2.67. The Hall–Kier alpha value is -1.53. The standard InChI is InChI=1S/C16H17F3N2S/c17-16(18,19)13-3-1-4-14(11-13)21-8-6-20(7-9-21)12-15-5-2-10-22-15/h1-5,10-11H,6-9,12H2. The van der Waals surface area contributed by atoms with Crippen molar-refractivity contribution in [2.45, 2.75) is 12.7 Å². The molecule has 0 saturated carbocycles. The van der Waals surface area contributed by atoms with E-state index in [0.717, 1.165) is 38.8 Å². The Morgan fingerprint density at radius 3 is 2.41 bits per heavy atom. The number of alkyl halides is 3. The smallest absolute Gasteiger partial charge is 0.369 e. The van der Waals surface area contributed by atoms with E-state index in [9.17, 15) is 13.2 Å². The molecule has 2 heterocycles. The number of hydrogen-bond donors (Lipinski definition) is 0. The minimum atomic E-state index is -4.28. The van der Waals surface area contributed by atoms with E-state index in [2.05, 4.69) is 16.3 Å². The molecule has 3 rings (SSSR count). The first-order valence-electron chi connectivity index (χ1n) is 7.19. The molecule has 118 valence electrons. The molecule has 2 aromatic rings. The van der Waals surface area contributed by atoms with Crippen molar-refractivity contribution in [2.24, 2.45) is 0 Å². The van der Waals surface area contributed by atoms with Crippen LogP contribution in [0.25, 0.3) is 0 Å². The van der Waals surface area contributed by atoms with Crippen LogP contribution in [0, 0.1) is 0 Å². The third kappa shape index (κ3) is 3.62. The SMILES string of the molecule is FC(F)(F)c1cccc(N2CCN(Cc3cccs3)CC2)c1. The molecule has 0 amide bonds. The van der Waals surface area contributed by atoms with Gasteiger partial charge in [-0.2, -0.15) is 13.2 Å². The van der Waals surface area contributed by atoms with Gasteiger partial charge in [-0.1, -0.05) is 12.1 Å². The minimum Gasteiger partial charge on any atom is -0.369 e. The molecule has 0 aliphatic carbocycles. The predicted octanol–water partition coefficient (Wildman–Crippen LogP) is 4.09. The summed E-state index contributed by atoms with van der Waals surface area (Å²) in [6, 6.07) is 9.76. The van der Waals surface area contributed by atoms with Crippen molar-refractivity contribution in [3.8, 4) is 0 Å². The van der Waals surface area contributed by atoms with Crippen molar-refractivity contribution >= 4 is 17.0 Å². The van der Waals surface area contributed by atoms with Crippen molar-refractivity contribution in [2.75, 3.05) is 31.1 Å². The molecule has 22 heavy (non-hydrogen) atoms. The highest BCUT2D eigenvalue weighted by atomic mass is 32.1. The van der Waals surface area contributed by atoms with Crippen molar-refractivity contribution in [3.05, 3.63) is 52.2 Å². The van der Waals surface area contributed by atoms with Crippen LogP contribution in [0.3, 0.4) is 0 Å². The molecule has 0 spiro atoms. The van der Waals surface area contributed by atoms with E-state index in [4.69, 9.17) is 0 Å². The second-order valence-corrected chi connectivity index (χ2v) is 6.42. The highest BCUT2D eigenvalue weighted by Crippen LogP contribution is 2.31. The summed E-state index contributed by atoms with van der Waals surface area (Å²) in [6.45, 7) is 4.18. The van der Waals surface area contributed by atoms with Crippen LogP contribution >= 0.6 is 11.3 Å². The van der Waals surface area contributed by atoms with Gasteiger partial charge in [0.2, 0.25) is 0 Å². The summed E-state index contributed by atoms with van der Waals surface area (Å²) in [5.41, 5.74) is 0.0802. The third-order valence-electron chi connectivity index (χ3n) is 3.87. The topological polar surface area (TPSA) is 6.48 Å². The number of benzene rings is 1. The summed E-state index contributed by atoms with van der Waals surface area (Å²) in [6.07, 6.45) is -4.28. The van der Waals surface area contributed by atoms with E-state index < -0.39 is 11.7 Å². The number of piperazine rings is 1. The normalized spacial score (nSPS) is 17.0. The van der Waals surface area contributed by atoms with Gasteiger partial charge in [0.1, 0.15) is 0 Å². The lowest BCUT2D eigenvalue weighted by atomic mass is 10.1. The van der Waals surface area contributed by atoms with E-state index in [-0.39, 0.29) is 0 Å². The monoisotopic (exact) mass is 326 g/mol. The summed E-state index contributed by atoms with van der Waals surface area (Å²) >= 11 is 1.74. The van der Waals surface area contributed by atoms with Crippen LogP contribution in [0.5, 0.6) is 0 Å². The molecule has 0 radical (unpaired) electrons. The van der Waals surface area contributed by atoms with Crippen molar-refractivity contribution < 1.29 is 13.2 Å². The summed E-state index contributed by atoms with van der Waals surface area (Å²) in [4.78, 5) is 5.70. The molecule has 2 nitrogen and oxygen atoms in total. The quantitative estimate of drug-likeness (QED) is 0.838. The van der Waals surface area contributed by atoms with Gasteiger partial charge in [0.25, 0.3) is 0 Å². The molecule has 6 heteroatoms. The molecule has 0 bridgehead atoms. The molecule has 0 unspecified atom stereocenters. The van der Waals surface area contributed by atoms with E-state index in [1.807, 2.05) is 11.0 Å². The highest BCUT2D eigenvalue weighted by Gasteiger charge is 2.31. The largest absolute Gasteiger partial charge is 0.416 e. The Balaban J connectivity index is 1.61. The number of thiophene rings is 1. The number of hydrogen-bond acceptors (Lipinski definition) is 3. The lowest BCUT2D eigenvalue weighted by molar-refractivity contribution is -0.137. The van der Waals surface area contributed by atoms with Gasteiger partial charge in [-0.25, -0.2) is 0 Å². The number of halogens is 3. The van der Waals surface area contributed by atoms with Crippen LogP contribution in [0.4, 0.5) is 18.9 Å². The molecule has 1 aromatic carbocycles. The molecular formula is C16H17F3N2S. The Morgan fingerprint density at radius 1 is 1.00 bits per heavy atom. The summed E-state index contributed by atoms with van der Waals surface area (Å²) in [5, 5.41) is 2.06. The second kappa shape index (κ2) is 6.30. The van der Waals surface area contributed by atoms with E-state index >= 15 is 0 Å². The molecule has 1 fully saturated rings. The summed E-state index contributed by atoms with van der Waals surface area (Å²) in [7, 11) is 0. The number of anilines is 1. The Bertz CT molecular complexity index is 602. The van der Waals surface area contributed by atoms with Gasteiger partial charge in [0, 0.05) is 43.3 Å². The van der Waals surface area contributed by atoms with Crippen molar-refractivity contribution in [3.63, 3.8) is 0 Å². The molecular weight excluding hydrogens is 309 g/mol. The fourth-order valence-corrected chi connectivity index (χ4v) is 3.41. The molecule has 0 N–H and O–H groups in total. The Labute approximate surface area is 131 Å². The minimum absolute atomic E-state index is 0.578. The highest BCUT2D eigenvalue weighted by molar-refractivity contribution is 7.09. The first-order chi connectivity index (χ1) is 10.5. The van der Waals surface area contributed by atoms with Crippen molar-refractivity contribution in [1.82, 2.24) is 4.90 Å². The van der Waals surface area contributed by atoms with Gasteiger partial charge < -0.3 is 4.90 Å². The number of rotatable bonds is 3. The van der Waals surface area contributed by atoms with Gasteiger partial charge in [-0.05, 0) is 29.6 Å². The maximum Gasteiger partial charge on any atom is 0.416 e. The van der Waals surface area contributed by atoms with Gasteiger partial charge >= 0.3 is 6.18 Å². The molecule has 1 saturated heterocycles. The first-order valence-corrected chi connectivity index (χ1v) is 8.07. The Kier molecular flexibility index (Phi) is 4.40. The van der Waals surface area contributed by atoms with Gasteiger partial charge in [-0.3, -0.25) is 4.90 Å². The fraction of sp³-hybridized carbons (Fsp3) is 0.375. The van der Waals surface area contributed by atoms with Gasteiger partial charge in [0.05, 0.1) is 5.56 Å². The van der Waals surface area contributed by atoms with E-state index in [1.54, 1.807) is 17.4 Å². The molecule has 0 atom stereocenters. The summed E-state index contributed by atoms with van der Waals surface area (Å²) in [5.74, 6) is 0. The first kappa shape index (κ1) is 15.4. The molecule has 1 aliphatic rings. The van der Waals surface area contributed by atoms with Crippen molar-refractivity contribution in [1.29, 1.82) is 0 Å². The summed E-state index contributed by atoms with van der Waals surface area (Å²) < 4.78 is 38.3. The second-order valence-electron chi connectivity index (χ2n) is 5.39. The maximum atomic E-state index is 12.8. The molecule has 1 aliphatic heterocycles. The Morgan fingerprint density at radius 2 is 1.77 bits per heavy atom. The van der Waals surface area contributed by atoms with Crippen LogP contribution in [-0.2, 0) is 12.7 Å². The van der Waals surface area contributed by atoms with Crippen LogP contribution in [0.2, 0.25) is 0 Å². The molecule has 1 aromatic heterocycles. The predicted molar refractivity (Wildman–Crippen MR) is 83.3 cm³/mol. The average Bonchev–Trinajstić information content (AvgIpc) is 3.00. The lowest BCUT2D eigenvalue weighted by Gasteiger charge is -2.36. The zero-order valence-corrected chi connectivity index (χ0v) is 12.8. The number of nitrogens with zero attached hydrogens (tertiary/aromatic N) is 2. The lowest BCUT2D eigenvalue weighted by Crippen LogP contribution is -2.45. The van der Waals surface area contributed by atoms with Crippen LogP contribution < -0.4 is 4.90 Å². The zero-order chi connectivity index (χ0) is 15.6. The van der Waals surface area contributed by atoms with Gasteiger partial charge in [0.15, 0.2) is 0 Å².